The molecule has 0 saturated carbocycles. The summed E-state index contributed by atoms with van der Waals surface area (Å²) in [6, 6.07) is 15.4. The third-order valence-corrected chi connectivity index (χ3v) is 5.56. The monoisotopic (exact) mass is 428 g/mol. The number of nitrogens with zero attached hydrogens (tertiary/aromatic N) is 3. The fourth-order valence-electron chi connectivity index (χ4n) is 3.65. The average molecular weight is 429 g/mol. The highest BCUT2D eigenvalue weighted by Gasteiger charge is 2.22. The maximum Gasteiger partial charge on any atom is 0.251 e. The molecular formula is C23H29ClN4O2. The van der Waals surface area contributed by atoms with Gasteiger partial charge >= 0.3 is 0 Å². The highest BCUT2D eigenvalue weighted by molar-refractivity contribution is 6.30. The van der Waals surface area contributed by atoms with Crippen LogP contribution in [0.4, 0.5) is 0 Å². The summed E-state index contributed by atoms with van der Waals surface area (Å²) in [6.45, 7) is 5.11. The maximum absolute atomic E-state index is 12.7. The van der Waals surface area contributed by atoms with Crippen LogP contribution in [-0.2, 0) is 17.9 Å². The zero-order valence-corrected chi connectivity index (χ0v) is 18.4. The predicted octanol–water partition coefficient (Wildman–Crippen LogP) is 2.48. The van der Waals surface area contributed by atoms with Crippen molar-refractivity contribution in [2.75, 3.05) is 46.8 Å². The fraction of sp³-hybridized carbons (Fsp3) is 0.391. The van der Waals surface area contributed by atoms with Crippen LogP contribution < -0.4 is 5.32 Å². The molecule has 1 heterocycles. The van der Waals surface area contributed by atoms with Gasteiger partial charge in [0.05, 0.1) is 6.54 Å². The molecule has 0 radical (unpaired) electrons. The van der Waals surface area contributed by atoms with Crippen molar-refractivity contribution in [2.45, 2.75) is 13.1 Å². The number of benzene rings is 2. The van der Waals surface area contributed by atoms with Crippen LogP contribution >= 0.6 is 11.6 Å². The molecule has 1 N–H and O–H groups in total. The molecule has 7 heteroatoms. The van der Waals surface area contributed by atoms with Crippen LogP contribution in [0.1, 0.15) is 21.5 Å². The van der Waals surface area contributed by atoms with Crippen molar-refractivity contribution in [3.63, 3.8) is 0 Å². The van der Waals surface area contributed by atoms with Gasteiger partial charge in [0, 0.05) is 56.9 Å². The number of rotatable bonds is 7. The first-order valence-electron chi connectivity index (χ1n) is 10.2. The molecule has 0 aliphatic carbocycles. The molecule has 30 heavy (non-hydrogen) atoms. The number of amides is 2. The molecule has 6 nitrogen and oxygen atoms in total. The molecule has 2 amide bonds. The van der Waals surface area contributed by atoms with E-state index < -0.39 is 0 Å². The first-order chi connectivity index (χ1) is 14.4. The van der Waals surface area contributed by atoms with Crippen LogP contribution in [0.15, 0.2) is 48.5 Å². The molecule has 3 rings (SSSR count). The van der Waals surface area contributed by atoms with E-state index in [2.05, 4.69) is 16.3 Å². The Morgan fingerprint density at radius 1 is 1.03 bits per heavy atom. The highest BCUT2D eigenvalue weighted by Crippen LogP contribution is 2.14. The molecule has 1 fully saturated rings. The van der Waals surface area contributed by atoms with E-state index in [4.69, 9.17) is 11.6 Å². The second-order valence-electron chi connectivity index (χ2n) is 7.74. The van der Waals surface area contributed by atoms with Gasteiger partial charge < -0.3 is 10.2 Å². The Morgan fingerprint density at radius 2 is 1.73 bits per heavy atom. The van der Waals surface area contributed by atoms with Gasteiger partial charge in [-0.1, -0.05) is 35.9 Å². The van der Waals surface area contributed by atoms with Crippen molar-refractivity contribution in [3.05, 3.63) is 70.2 Å². The van der Waals surface area contributed by atoms with Gasteiger partial charge in [0.1, 0.15) is 0 Å². The van der Waals surface area contributed by atoms with Gasteiger partial charge in [-0.25, -0.2) is 0 Å². The number of carbonyl (C=O) groups excluding carboxylic acids is 2. The highest BCUT2D eigenvalue weighted by atomic mass is 35.5. The number of nitrogens with one attached hydrogen (secondary N) is 1. The van der Waals surface area contributed by atoms with E-state index in [1.165, 1.54) is 5.56 Å². The summed E-state index contributed by atoms with van der Waals surface area (Å²) in [6.07, 6.45) is 0. The summed E-state index contributed by atoms with van der Waals surface area (Å²) in [5, 5.41) is 3.37. The quantitative estimate of drug-likeness (QED) is 0.736. The molecule has 0 aromatic heterocycles. The van der Waals surface area contributed by atoms with E-state index in [0.717, 1.165) is 43.3 Å². The molecule has 0 bridgehead atoms. The van der Waals surface area contributed by atoms with Crippen molar-refractivity contribution in [1.82, 2.24) is 20.0 Å². The molecule has 0 spiro atoms. The zero-order chi connectivity index (χ0) is 21.5. The molecule has 2 aromatic rings. The Bertz CT molecular complexity index is 864. The van der Waals surface area contributed by atoms with E-state index >= 15 is 0 Å². The minimum Gasteiger partial charge on any atom is -0.355 e. The van der Waals surface area contributed by atoms with Gasteiger partial charge in [-0.3, -0.25) is 19.4 Å². The lowest BCUT2D eigenvalue weighted by Gasteiger charge is -2.35. The molecule has 0 atom stereocenters. The normalized spacial score (nSPS) is 14.7. The minimum absolute atomic E-state index is 0.0976. The summed E-state index contributed by atoms with van der Waals surface area (Å²) in [5.41, 5.74) is 2.91. The number of hydrogen-bond acceptors (Lipinski definition) is 4. The van der Waals surface area contributed by atoms with Gasteiger partial charge in [0.2, 0.25) is 5.91 Å². The number of carbonyl (C=O) groups is 2. The van der Waals surface area contributed by atoms with Crippen molar-refractivity contribution < 1.29 is 9.59 Å². The van der Waals surface area contributed by atoms with Crippen LogP contribution in [0.25, 0.3) is 0 Å². The van der Waals surface area contributed by atoms with E-state index in [1.54, 1.807) is 7.05 Å². The van der Waals surface area contributed by atoms with Gasteiger partial charge in [-0.15, -0.1) is 0 Å². The molecule has 1 aliphatic heterocycles. The van der Waals surface area contributed by atoms with Gasteiger partial charge in [-0.2, -0.15) is 0 Å². The van der Waals surface area contributed by atoms with Crippen LogP contribution in [0, 0.1) is 0 Å². The molecule has 1 aliphatic rings. The summed E-state index contributed by atoms with van der Waals surface area (Å²) in [5.74, 6) is 0.0569. The van der Waals surface area contributed by atoms with E-state index in [9.17, 15) is 9.59 Å². The van der Waals surface area contributed by atoms with Gasteiger partial charge in [0.15, 0.2) is 0 Å². The molecule has 160 valence electrons. The first-order valence-corrected chi connectivity index (χ1v) is 10.6. The minimum atomic E-state index is -0.0976. The Hall–Kier alpha value is -2.41. The second-order valence-corrected chi connectivity index (χ2v) is 8.17. The van der Waals surface area contributed by atoms with E-state index in [0.29, 0.717) is 18.7 Å². The molecule has 2 aromatic carbocycles. The van der Waals surface area contributed by atoms with Crippen LogP contribution in [-0.4, -0.2) is 73.3 Å². The molecular weight excluding hydrogens is 400 g/mol. The molecule has 0 unspecified atom stereocenters. The molecule has 1 saturated heterocycles. The fourth-order valence-corrected chi connectivity index (χ4v) is 3.87. The maximum atomic E-state index is 12.7. The first kappa shape index (κ1) is 22.3. The topological polar surface area (TPSA) is 55.9 Å². The lowest BCUT2D eigenvalue weighted by Crippen LogP contribution is -2.50. The SMILES string of the molecule is CNC(=O)c1ccc(CN(C)CC(=O)N2CCN(Cc3cccc(Cl)c3)CC2)cc1. The second kappa shape index (κ2) is 10.6. The summed E-state index contributed by atoms with van der Waals surface area (Å²) in [4.78, 5) is 30.6. The summed E-state index contributed by atoms with van der Waals surface area (Å²) >= 11 is 6.07. The third kappa shape index (κ3) is 6.29. The number of piperazine rings is 1. The summed E-state index contributed by atoms with van der Waals surface area (Å²) < 4.78 is 0. The van der Waals surface area contributed by atoms with Crippen molar-refractivity contribution in [2.24, 2.45) is 0 Å². The lowest BCUT2D eigenvalue weighted by molar-refractivity contribution is -0.134. The number of hydrogen-bond donors (Lipinski definition) is 1. The number of likely N-dealkylation sites (N-methyl/N-ethyl adjacent to an activating group) is 1. The van der Waals surface area contributed by atoms with Crippen LogP contribution in [0.3, 0.4) is 0 Å². The third-order valence-electron chi connectivity index (χ3n) is 5.32. The summed E-state index contributed by atoms with van der Waals surface area (Å²) in [7, 11) is 3.56. The smallest absolute Gasteiger partial charge is 0.251 e. The Kier molecular flexibility index (Phi) is 7.85. The average Bonchev–Trinajstić information content (AvgIpc) is 2.74. The van der Waals surface area contributed by atoms with Gasteiger partial charge in [-0.05, 0) is 42.4 Å². The number of halogens is 1. The zero-order valence-electron chi connectivity index (χ0n) is 17.6. The van der Waals surface area contributed by atoms with Crippen LogP contribution in [0.5, 0.6) is 0 Å². The largest absolute Gasteiger partial charge is 0.355 e. The predicted molar refractivity (Wildman–Crippen MR) is 119 cm³/mol. The van der Waals surface area contributed by atoms with Gasteiger partial charge in [0.25, 0.3) is 5.91 Å². The van der Waals surface area contributed by atoms with Crippen molar-refractivity contribution in [3.8, 4) is 0 Å². The standard InChI is InChI=1S/C23H29ClN4O2/c1-25-23(30)20-8-6-18(7-9-20)15-26(2)17-22(29)28-12-10-27(11-13-28)16-19-4-3-5-21(24)14-19/h3-9,14H,10-13,15-17H2,1-2H3,(H,25,30). The van der Waals surface area contributed by atoms with E-state index in [1.807, 2.05) is 59.3 Å². The Morgan fingerprint density at radius 3 is 2.37 bits per heavy atom. The van der Waals surface area contributed by atoms with Crippen molar-refractivity contribution >= 4 is 23.4 Å². The Balaban J connectivity index is 1.43. The van der Waals surface area contributed by atoms with Crippen LogP contribution in [0.2, 0.25) is 5.02 Å². The van der Waals surface area contributed by atoms with Crippen molar-refractivity contribution in [1.29, 1.82) is 0 Å². The lowest BCUT2D eigenvalue weighted by atomic mass is 10.1. The van der Waals surface area contributed by atoms with E-state index in [-0.39, 0.29) is 11.8 Å². The Labute approximate surface area is 183 Å².